The first-order valence-electron chi connectivity index (χ1n) is 1.24. The van der Waals surface area contributed by atoms with Crippen molar-refractivity contribution in [2.24, 2.45) is 0 Å². The van der Waals surface area contributed by atoms with Crippen LogP contribution in [0.5, 0.6) is 0 Å². The van der Waals surface area contributed by atoms with Crippen LogP contribution in [0.1, 0.15) is 0 Å². The molecule has 2 heteroatoms. The summed E-state index contributed by atoms with van der Waals surface area (Å²) in [6.45, 7) is 3.55. The first-order valence-corrected chi connectivity index (χ1v) is 5.63. The molecule has 33 valence electrons. The fourth-order valence-corrected chi connectivity index (χ4v) is 0.986. The van der Waals surface area contributed by atoms with Gasteiger partial charge in [0.05, 0.1) is 0 Å². The predicted octanol–water partition coefficient (Wildman–Crippen LogP) is 1.46. The molecule has 0 aromatic carbocycles. The fraction of sp³-hybridized carbons (Fsp3) is 0.333. The summed E-state index contributed by atoms with van der Waals surface area (Å²) in [5, 5.41) is 1.19. The van der Waals surface area contributed by atoms with Gasteiger partial charge in [0.25, 0.3) is 0 Å². The second kappa shape index (κ2) is 4.79. The van der Waals surface area contributed by atoms with Gasteiger partial charge in [-0.3, -0.25) is 0 Å². The molecule has 0 aliphatic heterocycles. The van der Waals surface area contributed by atoms with Gasteiger partial charge in [-0.1, -0.05) is 0 Å². The molecule has 0 aliphatic rings. The van der Waals surface area contributed by atoms with Crippen molar-refractivity contribution in [3.8, 4) is 0 Å². The number of rotatable bonds is 2. The quantitative estimate of drug-likeness (QED) is 0.340. The Hall–Kier alpha value is 0.793. The molecule has 0 aromatic rings. The summed E-state index contributed by atoms with van der Waals surface area (Å²) in [6.07, 6.45) is 1.94. The van der Waals surface area contributed by atoms with Crippen molar-refractivity contribution in [2.75, 3.05) is 0 Å². The summed E-state index contributed by atoms with van der Waals surface area (Å²) >= 11 is 0.674. The molecule has 0 aromatic heterocycles. The van der Waals surface area contributed by atoms with Crippen molar-refractivity contribution < 1.29 is 16.6 Å². The van der Waals surface area contributed by atoms with Crippen LogP contribution in [0.2, 0.25) is 5.02 Å². The topological polar surface area (TPSA) is 0 Å². The molecule has 5 heavy (non-hydrogen) atoms. The first kappa shape index (κ1) is 5.79. The predicted molar refractivity (Wildman–Crippen MR) is 24.7 cm³/mol. The Morgan fingerprint density at radius 2 is 2.60 bits per heavy atom. The number of allylic oxidation sites excluding steroid dienone is 1. The van der Waals surface area contributed by atoms with E-state index in [9.17, 15) is 0 Å². The molecule has 0 radical (unpaired) electrons. The summed E-state index contributed by atoms with van der Waals surface area (Å²) < 4.78 is 0. The zero-order valence-electron chi connectivity index (χ0n) is 2.90. The fourth-order valence-electron chi connectivity index (χ4n) is 0.0556. The Morgan fingerprint density at radius 1 is 2.00 bits per heavy atom. The van der Waals surface area contributed by atoms with E-state index in [1.807, 2.05) is 6.08 Å². The van der Waals surface area contributed by atoms with E-state index >= 15 is 0 Å². The standard InChI is InChI=1S/C3H5.H2P.Rh/c1-3-2;;/h3H,1-2H2;1H2;/q;-1;+1. The molecular weight excluding hydrogens is 170 g/mol. The van der Waals surface area contributed by atoms with E-state index in [2.05, 4.69) is 14.2 Å². The first-order chi connectivity index (χ1) is 2.41. The van der Waals surface area contributed by atoms with Gasteiger partial charge in [0.2, 0.25) is 0 Å². The molecule has 0 aliphatic carbocycles. The normalized spacial score (nSPS) is 8.20. The van der Waals surface area contributed by atoms with Crippen LogP contribution in [0.15, 0.2) is 12.7 Å². The van der Waals surface area contributed by atoms with Crippen molar-refractivity contribution >= 4 is 7.57 Å². The van der Waals surface area contributed by atoms with Crippen molar-refractivity contribution in [1.29, 1.82) is 0 Å². The van der Waals surface area contributed by atoms with E-state index < -0.39 is 0 Å². The third-order valence-corrected chi connectivity index (χ3v) is 1.96. The van der Waals surface area contributed by atoms with E-state index in [0.29, 0.717) is 16.6 Å². The van der Waals surface area contributed by atoms with Crippen LogP contribution in [0.4, 0.5) is 0 Å². The third-order valence-electron chi connectivity index (χ3n) is 0.175. The van der Waals surface area contributed by atoms with E-state index in [4.69, 9.17) is 0 Å². The summed E-state index contributed by atoms with van der Waals surface area (Å²) in [7, 11) is 2.70. The molecule has 0 bridgehead atoms. The van der Waals surface area contributed by atoms with E-state index in [1.165, 1.54) is 5.02 Å². The van der Waals surface area contributed by atoms with Crippen molar-refractivity contribution in [3.63, 3.8) is 0 Å². The van der Waals surface area contributed by atoms with Crippen LogP contribution in [-0.4, -0.2) is 0 Å². The van der Waals surface area contributed by atoms with Gasteiger partial charge in [0.15, 0.2) is 0 Å². The van der Waals surface area contributed by atoms with Gasteiger partial charge in [-0.2, -0.15) is 0 Å². The van der Waals surface area contributed by atoms with E-state index in [-0.39, 0.29) is 0 Å². The van der Waals surface area contributed by atoms with Gasteiger partial charge >= 0.3 is 41.9 Å². The Balaban J connectivity index is 2.40. The Bertz CT molecular complexity index is 28.1. The minimum atomic E-state index is 0.674. The van der Waals surface area contributed by atoms with Crippen LogP contribution in [0.3, 0.4) is 0 Å². The molecule has 0 rings (SSSR count). The Labute approximate surface area is 42.3 Å². The van der Waals surface area contributed by atoms with Crippen LogP contribution in [-0.2, 0) is 16.6 Å². The number of hydrogen-bond donors (Lipinski definition) is 0. The SMILES string of the molecule is C=C[CH2][Rh][PH2]. The second-order valence-corrected chi connectivity index (χ2v) is 3.51. The van der Waals surface area contributed by atoms with Gasteiger partial charge in [0, 0.05) is 0 Å². The molecular formula is C3H7PRh. The molecule has 0 N–H and O–H groups in total. The average Bonchev–Trinajstić information content (AvgIpc) is 1.41. The van der Waals surface area contributed by atoms with Gasteiger partial charge in [0.1, 0.15) is 0 Å². The summed E-state index contributed by atoms with van der Waals surface area (Å²) in [5.41, 5.74) is 0. The molecule has 0 fully saturated rings. The molecule has 0 heterocycles. The van der Waals surface area contributed by atoms with Crippen molar-refractivity contribution in [1.82, 2.24) is 0 Å². The Morgan fingerprint density at radius 3 is 2.60 bits per heavy atom. The van der Waals surface area contributed by atoms with Gasteiger partial charge < -0.3 is 0 Å². The molecule has 0 saturated heterocycles. The van der Waals surface area contributed by atoms with Crippen molar-refractivity contribution in [2.45, 2.75) is 5.02 Å². The molecule has 0 saturated carbocycles. The van der Waals surface area contributed by atoms with Crippen LogP contribution >= 0.6 is 7.57 Å². The maximum absolute atomic E-state index is 3.55. The van der Waals surface area contributed by atoms with E-state index in [0.717, 1.165) is 0 Å². The zero-order chi connectivity index (χ0) is 4.12. The maximum atomic E-state index is 3.55. The molecule has 0 nitrogen and oxygen atoms in total. The van der Waals surface area contributed by atoms with E-state index in [1.54, 1.807) is 0 Å². The van der Waals surface area contributed by atoms with Crippen LogP contribution in [0, 0.1) is 0 Å². The monoisotopic (exact) mass is 177 g/mol. The summed E-state index contributed by atoms with van der Waals surface area (Å²) in [4.78, 5) is 0. The summed E-state index contributed by atoms with van der Waals surface area (Å²) in [6, 6.07) is 0. The Kier molecular flexibility index (Phi) is 5.55. The molecule has 1 unspecified atom stereocenters. The minimum absolute atomic E-state index is 0.674. The molecule has 0 spiro atoms. The molecule has 0 amide bonds. The van der Waals surface area contributed by atoms with Gasteiger partial charge in [-0.15, -0.1) is 0 Å². The van der Waals surface area contributed by atoms with Crippen LogP contribution < -0.4 is 0 Å². The van der Waals surface area contributed by atoms with Gasteiger partial charge in [-0.25, -0.2) is 0 Å². The number of hydrogen-bond acceptors (Lipinski definition) is 0. The van der Waals surface area contributed by atoms with Crippen LogP contribution in [0.25, 0.3) is 0 Å². The van der Waals surface area contributed by atoms with Gasteiger partial charge in [-0.05, 0) is 0 Å². The summed E-state index contributed by atoms with van der Waals surface area (Å²) in [5.74, 6) is 0. The average molecular weight is 177 g/mol. The zero-order valence-corrected chi connectivity index (χ0v) is 5.70. The molecule has 1 atom stereocenters. The second-order valence-electron chi connectivity index (χ2n) is 0.561. The van der Waals surface area contributed by atoms with Crippen molar-refractivity contribution in [3.05, 3.63) is 12.7 Å². The third kappa shape index (κ3) is 4.79.